The van der Waals surface area contributed by atoms with Gasteiger partial charge in [0.1, 0.15) is 0 Å². The summed E-state index contributed by atoms with van der Waals surface area (Å²) in [6, 6.07) is 6.83. The molecule has 9 heteroatoms. The van der Waals surface area contributed by atoms with E-state index in [0.29, 0.717) is 37.4 Å². The van der Waals surface area contributed by atoms with Gasteiger partial charge in [0.2, 0.25) is 0 Å². The van der Waals surface area contributed by atoms with Crippen molar-refractivity contribution in [2.75, 3.05) is 39.3 Å². The number of nitrogens with zero attached hydrogens (tertiary/aromatic N) is 3. The van der Waals surface area contributed by atoms with Crippen LogP contribution >= 0.6 is 0 Å². The molecule has 1 saturated heterocycles. The molecule has 36 heavy (non-hydrogen) atoms. The molecule has 2 heterocycles. The highest BCUT2D eigenvalue weighted by atomic mass is 16.5. The van der Waals surface area contributed by atoms with Gasteiger partial charge in [-0.15, -0.1) is 6.58 Å². The summed E-state index contributed by atoms with van der Waals surface area (Å²) >= 11 is 0. The van der Waals surface area contributed by atoms with Crippen LogP contribution in [-0.2, 0) is 9.53 Å². The largest absolute Gasteiger partial charge is 0.463 e. The third kappa shape index (κ3) is 6.26. The Bertz CT molecular complexity index is 1000. The fourth-order valence-corrected chi connectivity index (χ4v) is 4.67. The van der Waals surface area contributed by atoms with Crippen LogP contribution in [0.4, 0.5) is 9.59 Å². The minimum Gasteiger partial charge on any atom is -0.463 e. The van der Waals surface area contributed by atoms with E-state index in [0.717, 1.165) is 11.1 Å². The van der Waals surface area contributed by atoms with E-state index in [4.69, 9.17) is 4.74 Å². The number of urea groups is 2. The lowest BCUT2D eigenvalue weighted by Crippen LogP contribution is -2.58. The molecule has 0 saturated carbocycles. The van der Waals surface area contributed by atoms with Gasteiger partial charge in [0, 0.05) is 50.5 Å². The van der Waals surface area contributed by atoms with E-state index in [1.54, 1.807) is 17.9 Å². The van der Waals surface area contributed by atoms with E-state index in [9.17, 15) is 14.4 Å². The molecular weight excluding hydrogens is 458 g/mol. The highest BCUT2D eigenvalue weighted by Crippen LogP contribution is 2.32. The summed E-state index contributed by atoms with van der Waals surface area (Å²) in [5, 5.41) is 5.95. The Morgan fingerprint density at radius 2 is 1.94 bits per heavy atom. The molecule has 2 aliphatic rings. The highest BCUT2D eigenvalue weighted by Gasteiger charge is 2.39. The Balaban J connectivity index is 1.96. The molecule has 3 rings (SSSR count). The van der Waals surface area contributed by atoms with E-state index >= 15 is 0 Å². The fraction of sp³-hybridized carbons (Fsp3) is 0.519. The van der Waals surface area contributed by atoms with Crippen molar-refractivity contribution >= 4 is 18.0 Å². The van der Waals surface area contributed by atoms with Gasteiger partial charge in [0.25, 0.3) is 0 Å². The lowest BCUT2D eigenvalue weighted by Gasteiger charge is -2.43. The first-order valence-corrected chi connectivity index (χ1v) is 12.6. The summed E-state index contributed by atoms with van der Waals surface area (Å²) in [5.74, 6) is -0.449. The van der Waals surface area contributed by atoms with E-state index in [-0.39, 0.29) is 37.3 Å². The maximum absolute atomic E-state index is 13.3. The first-order chi connectivity index (χ1) is 17.2. The van der Waals surface area contributed by atoms with Crippen molar-refractivity contribution in [2.45, 2.75) is 52.7 Å². The standard InChI is InChI=1S/C27H39N5O4/c1-7-13-32-22(17-30-14-15-31(20(6)16-30)26(34)28-18(3)4)23(25(33)36-8-2)24(29-27(32)35)21-11-9-19(5)10-12-21/h7,9-12,18,20,24H,1,8,13-17H2,2-6H3,(H,28,34)(H,29,35). The van der Waals surface area contributed by atoms with Gasteiger partial charge in [0.15, 0.2) is 0 Å². The maximum atomic E-state index is 13.3. The molecular formula is C27H39N5O4. The van der Waals surface area contributed by atoms with Gasteiger partial charge in [-0.2, -0.15) is 0 Å². The minimum atomic E-state index is -0.622. The molecule has 1 fully saturated rings. The molecule has 0 radical (unpaired) electrons. The van der Waals surface area contributed by atoms with Crippen LogP contribution in [0, 0.1) is 6.92 Å². The van der Waals surface area contributed by atoms with Crippen LogP contribution in [0.5, 0.6) is 0 Å². The van der Waals surface area contributed by atoms with E-state index in [1.807, 2.05) is 56.9 Å². The van der Waals surface area contributed by atoms with Gasteiger partial charge < -0.3 is 20.3 Å². The third-order valence-electron chi connectivity index (χ3n) is 6.41. The summed E-state index contributed by atoms with van der Waals surface area (Å²) < 4.78 is 5.46. The van der Waals surface area contributed by atoms with Gasteiger partial charge in [-0.05, 0) is 40.2 Å². The van der Waals surface area contributed by atoms with Crippen molar-refractivity contribution in [3.8, 4) is 0 Å². The zero-order chi connectivity index (χ0) is 26.4. The van der Waals surface area contributed by atoms with Crippen molar-refractivity contribution in [1.29, 1.82) is 0 Å². The second-order valence-electron chi connectivity index (χ2n) is 9.66. The summed E-state index contributed by atoms with van der Waals surface area (Å²) in [4.78, 5) is 44.7. The molecule has 196 valence electrons. The van der Waals surface area contributed by atoms with Crippen LogP contribution in [0.2, 0.25) is 0 Å². The number of hydrogen-bond acceptors (Lipinski definition) is 5. The van der Waals surface area contributed by atoms with E-state index in [1.165, 1.54) is 0 Å². The molecule has 2 unspecified atom stereocenters. The van der Waals surface area contributed by atoms with Crippen LogP contribution < -0.4 is 10.6 Å². The number of hydrogen-bond donors (Lipinski definition) is 2. The zero-order valence-electron chi connectivity index (χ0n) is 22.0. The number of carbonyl (C=O) groups excluding carboxylic acids is 3. The molecule has 4 amide bonds. The Morgan fingerprint density at radius 1 is 1.25 bits per heavy atom. The topological polar surface area (TPSA) is 94.2 Å². The number of esters is 1. The first kappa shape index (κ1) is 27.3. The fourth-order valence-electron chi connectivity index (χ4n) is 4.67. The van der Waals surface area contributed by atoms with Crippen molar-refractivity contribution in [2.24, 2.45) is 0 Å². The SMILES string of the molecule is C=CCN1C(=O)NC(c2ccc(C)cc2)C(C(=O)OCC)=C1CN1CCN(C(=O)NC(C)C)C(C)C1. The summed E-state index contributed by atoms with van der Waals surface area (Å²) in [6.07, 6.45) is 1.64. The molecule has 1 aromatic carbocycles. The first-order valence-electron chi connectivity index (χ1n) is 12.6. The van der Waals surface area contributed by atoms with Gasteiger partial charge in [-0.3, -0.25) is 9.80 Å². The summed E-state index contributed by atoms with van der Waals surface area (Å²) in [6.45, 7) is 16.1. The van der Waals surface area contributed by atoms with E-state index < -0.39 is 12.0 Å². The molecule has 9 nitrogen and oxygen atoms in total. The van der Waals surface area contributed by atoms with Crippen molar-refractivity contribution in [3.63, 3.8) is 0 Å². The average molecular weight is 498 g/mol. The number of rotatable bonds is 8. The van der Waals surface area contributed by atoms with Crippen LogP contribution in [0.15, 0.2) is 48.2 Å². The zero-order valence-corrected chi connectivity index (χ0v) is 22.0. The van der Waals surface area contributed by atoms with Crippen molar-refractivity contribution in [1.82, 2.24) is 25.3 Å². The minimum absolute atomic E-state index is 0.0256. The smallest absolute Gasteiger partial charge is 0.338 e. The second kappa shape index (κ2) is 12.1. The van der Waals surface area contributed by atoms with Gasteiger partial charge in [-0.1, -0.05) is 35.9 Å². The van der Waals surface area contributed by atoms with Gasteiger partial charge in [0.05, 0.1) is 18.2 Å². The highest BCUT2D eigenvalue weighted by molar-refractivity contribution is 5.95. The van der Waals surface area contributed by atoms with Crippen LogP contribution in [0.3, 0.4) is 0 Å². The van der Waals surface area contributed by atoms with Crippen LogP contribution in [-0.4, -0.2) is 84.1 Å². The Labute approximate surface area is 214 Å². The molecule has 0 aromatic heterocycles. The Morgan fingerprint density at radius 3 is 2.53 bits per heavy atom. The van der Waals surface area contributed by atoms with Crippen molar-refractivity contribution in [3.05, 3.63) is 59.3 Å². The average Bonchev–Trinajstić information content (AvgIpc) is 2.81. The normalized spacial score (nSPS) is 20.9. The number of nitrogens with one attached hydrogen (secondary N) is 2. The molecule has 0 spiro atoms. The third-order valence-corrected chi connectivity index (χ3v) is 6.41. The lowest BCUT2D eigenvalue weighted by molar-refractivity contribution is -0.139. The molecule has 1 aromatic rings. The number of amides is 4. The van der Waals surface area contributed by atoms with Crippen LogP contribution in [0.1, 0.15) is 44.9 Å². The second-order valence-corrected chi connectivity index (χ2v) is 9.66. The predicted molar refractivity (Wildman–Crippen MR) is 139 cm³/mol. The monoisotopic (exact) mass is 497 g/mol. The molecule has 2 atom stereocenters. The number of piperazine rings is 1. The molecule has 2 N–H and O–H groups in total. The number of carbonyl (C=O) groups is 3. The number of ether oxygens (including phenoxy) is 1. The Hall–Kier alpha value is -3.33. The lowest BCUT2D eigenvalue weighted by atomic mass is 9.93. The number of benzene rings is 1. The Kier molecular flexibility index (Phi) is 9.14. The van der Waals surface area contributed by atoms with Gasteiger partial charge >= 0.3 is 18.0 Å². The predicted octanol–water partition coefficient (Wildman–Crippen LogP) is 3.19. The summed E-state index contributed by atoms with van der Waals surface area (Å²) in [7, 11) is 0. The molecule has 0 bridgehead atoms. The number of aryl methyl sites for hydroxylation is 1. The molecule has 2 aliphatic heterocycles. The quantitative estimate of drug-likeness (QED) is 0.425. The maximum Gasteiger partial charge on any atom is 0.338 e. The molecule has 0 aliphatic carbocycles. The van der Waals surface area contributed by atoms with E-state index in [2.05, 4.69) is 22.1 Å². The van der Waals surface area contributed by atoms with Crippen LogP contribution in [0.25, 0.3) is 0 Å². The summed E-state index contributed by atoms with van der Waals surface area (Å²) in [5.41, 5.74) is 2.94. The van der Waals surface area contributed by atoms with Gasteiger partial charge in [-0.25, -0.2) is 14.4 Å². The van der Waals surface area contributed by atoms with Crippen molar-refractivity contribution < 1.29 is 19.1 Å².